The standard InChI is InChI=1S/C18H32N2/c1-4-15(14-8-9-14)12-17(6-1)20-11-3-5-16(13-20)18-7-2-10-19-18/h14-19H,1-13H2. The van der Waals surface area contributed by atoms with Gasteiger partial charge in [-0.05, 0) is 82.2 Å². The maximum Gasteiger partial charge on any atom is 0.0108 e. The highest BCUT2D eigenvalue weighted by molar-refractivity contribution is 4.92. The summed E-state index contributed by atoms with van der Waals surface area (Å²) in [5.74, 6) is 3.18. The van der Waals surface area contributed by atoms with Crippen LogP contribution in [-0.2, 0) is 0 Å². The quantitative estimate of drug-likeness (QED) is 0.849. The number of nitrogens with one attached hydrogen (secondary N) is 1. The Morgan fingerprint density at radius 1 is 0.750 bits per heavy atom. The lowest BCUT2D eigenvalue weighted by Gasteiger charge is -2.43. The molecule has 0 amide bonds. The summed E-state index contributed by atoms with van der Waals surface area (Å²) in [5, 5.41) is 3.76. The van der Waals surface area contributed by atoms with Crippen molar-refractivity contribution >= 4 is 0 Å². The lowest BCUT2D eigenvalue weighted by atomic mass is 9.80. The fourth-order valence-electron chi connectivity index (χ4n) is 5.34. The fraction of sp³-hybridized carbons (Fsp3) is 1.00. The van der Waals surface area contributed by atoms with E-state index < -0.39 is 0 Å². The third-order valence-electron chi connectivity index (χ3n) is 6.65. The third-order valence-corrected chi connectivity index (χ3v) is 6.65. The van der Waals surface area contributed by atoms with E-state index in [4.69, 9.17) is 0 Å². The van der Waals surface area contributed by atoms with Crippen LogP contribution in [0.4, 0.5) is 0 Å². The Balaban J connectivity index is 1.34. The van der Waals surface area contributed by atoms with E-state index in [-0.39, 0.29) is 0 Å². The third kappa shape index (κ3) is 2.92. The summed E-state index contributed by atoms with van der Waals surface area (Å²) < 4.78 is 0. The summed E-state index contributed by atoms with van der Waals surface area (Å²) in [7, 11) is 0. The van der Waals surface area contributed by atoms with Crippen LogP contribution in [0.3, 0.4) is 0 Å². The maximum atomic E-state index is 3.76. The molecule has 2 aliphatic heterocycles. The van der Waals surface area contributed by atoms with E-state index in [9.17, 15) is 0 Å². The number of nitrogens with zero attached hydrogens (tertiary/aromatic N) is 1. The number of rotatable bonds is 3. The Morgan fingerprint density at radius 2 is 1.65 bits per heavy atom. The molecule has 4 rings (SSSR count). The predicted molar refractivity (Wildman–Crippen MR) is 83.8 cm³/mol. The van der Waals surface area contributed by atoms with Crippen LogP contribution in [0.15, 0.2) is 0 Å². The Labute approximate surface area is 124 Å². The highest BCUT2D eigenvalue weighted by atomic mass is 15.2. The van der Waals surface area contributed by atoms with Gasteiger partial charge in [0, 0.05) is 18.6 Å². The lowest BCUT2D eigenvalue weighted by molar-refractivity contribution is 0.0687. The zero-order chi connectivity index (χ0) is 13.4. The minimum atomic E-state index is 0.848. The van der Waals surface area contributed by atoms with Crippen LogP contribution in [-0.4, -0.2) is 36.6 Å². The van der Waals surface area contributed by atoms with Crippen molar-refractivity contribution in [1.29, 1.82) is 0 Å². The number of hydrogen-bond donors (Lipinski definition) is 1. The van der Waals surface area contributed by atoms with Crippen molar-refractivity contribution in [2.45, 2.75) is 76.3 Å². The van der Waals surface area contributed by atoms with E-state index in [1.54, 1.807) is 19.3 Å². The van der Waals surface area contributed by atoms with E-state index in [0.29, 0.717) is 0 Å². The number of piperidine rings is 1. The van der Waals surface area contributed by atoms with Gasteiger partial charge < -0.3 is 10.2 Å². The maximum absolute atomic E-state index is 3.76. The predicted octanol–water partition coefficient (Wildman–Crippen LogP) is 3.42. The van der Waals surface area contributed by atoms with Crippen molar-refractivity contribution in [3.8, 4) is 0 Å². The van der Waals surface area contributed by atoms with Crippen LogP contribution in [0.2, 0.25) is 0 Å². The smallest absolute Gasteiger partial charge is 0.0108 e. The van der Waals surface area contributed by atoms with Gasteiger partial charge >= 0.3 is 0 Å². The molecule has 1 N–H and O–H groups in total. The van der Waals surface area contributed by atoms with Crippen molar-refractivity contribution in [3.63, 3.8) is 0 Å². The van der Waals surface area contributed by atoms with Crippen LogP contribution in [0.1, 0.15) is 64.2 Å². The Kier molecular flexibility index (Phi) is 4.05. The van der Waals surface area contributed by atoms with Gasteiger partial charge in [-0.2, -0.15) is 0 Å². The topological polar surface area (TPSA) is 15.3 Å². The first-order valence-electron chi connectivity index (χ1n) is 9.37. The molecule has 4 aliphatic rings. The molecule has 2 heteroatoms. The van der Waals surface area contributed by atoms with Gasteiger partial charge in [-0.3, -0.25) is 0 Å². The van der Waals surface area contributed by atoms with Crippen molar-refractivity contribution in [2.75, 3.05) is 19.6 Å². The molecular formula is C18H32N2. The van der Waals surface area contributed by atoms with Crippen LogP contribution in [0, 0.1) is 17.8 Å². The average molecular weight is 276 g/mol. The highest BCUT2D eigenvalue weighted by Gasteiger charge is 2.38. The molecule has 4 unspecified atom stereocenters. The summed E-state index contributed by atoms with van der Waals surface area (Å²) >= 11 is 0. The molecule has 2 aliphatic carbocycles. The normalized spacial score (nSPS) is 43.8. The zero-order valence-corrected chi connectivity index (χ0v) is 13.0. The molecule has 0 aromatic carbocycles. The first-order chi connectivity index (χ1) is 9.90. The molecule has 0 aromatic rings. The average Bonchev–Trinajstić information content (AvgIpc) is 3.22. The minimum Gasteiger partial charge on any atom is -0.314 e. The van der Waals surface area contributed by atoms with Crippen LogP contribution in [0.5, 0.6) is 0 Å². The van der Waals surface area contributed by atoms with E-state index in [0.717, 1.165) is 29.8 Å². The molecule has 20 heavy (non-hydrogen) atoms. The van der Waals surface area contributed by atoms with Gasteiger partial charge in [-0.25, -0.2) is 0 Å². The number of likely N-dealkylation sites (tertiary alicyclic amines) is 1. The van der Waals surface area contributed by atoms with E-state index in [1.165, 1.54) is 64.6 Å². The lowest BCUT2D eigenvalue weighted by Crippen LogP contribution is -2.48. The Bertz CT molecular complexity index is 319. The van der Waals surface area contributed by atoms with Gasteiger partial charge in [0.2, 0.25) is 0 Å². The largest absolute Gasteiger partial charge is 0.314 e. The monoisotopic (exact) mass is 276 g/mol. The zero-order valence-electron chi connectivity index (χ0n) is 13.0. The second-order valence-corrected chi connectivity index (χ2v) is 8.02. The first-order valence-corrected chi connectivity index (χ1v) is 9.37. The minimum absolute atomic E-state index is 0.848. The van der Waals surface area contributed by atoms with Gasteiger partial charge in [0.05, 0.1) is 0 Å². The summed E-state index contributed by atoms with van der Waals surface area (Å²) in [4.78, 5) is 2.91. The molecule has 0 radical (unpaired) electrons. The molecule has 2 saturated carbocycles. The molecule has 2 heterocycles. The second kappa shape index (κ2) is 5.96. The molecular weight excluding hydrogens is 244 g/mol. The van der Waals surface area contributed by atoms with Crippen molar-refractivity contribution < 1.29 is 0 Å². The van der Waals surface area contributed by atoms with E-state index in [2.05, 4.69) is 10.2 Å². The second-order valence-electron chi connectivity index (χ2n) is 8.02. The molecule has 114 valence electrons. The molecule has 0 spiro atoms. The van der Waals surface area contributed by atoms with Gasteiger partial charge in [0.25, 0.3) is 0 Å². The van der Waals surface area contributed by atoms with Crippen molar-refractivity contribution in [1.82, 2.24) is 10.2 Å². The van der Waals surface area contributed by atoms with Crippen LogP contribution < -0.4 is 5.32 Å². The van der Waals surface area contributed by atoms with E-state index >= 15 is 0 Å². The molecule has 4 fully saturated rings. The summed E-state index contributed by atoms with van der Waals surface area (Å²) in [6, 6.07) is 1.79. The van der Waals surface area contributed by atoms with Gasteiger partial charge in [0.1, 0.15) is 0 Å². The Morgan fingerprint density at radius 3 is 2.45 bits per heavy atom. The summed E-state index contributed by atoms with van der Waals surface area (Å²) in [6.45, 7) is 4.07. The molecule has 4 atom stereocenters. The van der Waals surface area contributed by atoms with Gasteiger partial charge in [0.15, 0.2) is 0 Å². The first kappa shape index (κ1) is 13.6. The molecule has 2 saturated heterocycles. The molecule has 0 bridgehead atoms. The summed E-state index contributed by atoms with van der Waals surface area (Å²) in [5.41, 5.74) is 0. The number of hydrogen-bond acceptors (Lipinski definition) is 2. The van der Waals surface area contributed by atoms with Crippen LogP contribution >= 0.6 is 0 Å². The van der Waals surface area contributed by atoms with Crippen molar-refractivity contribution in [3.05, 3.63) is 0 Å². The van der Waals surface area contributed by atoms with Crippen molar-refractivity contribution in [2.24, 2.45) is 17.8 Å². The van der Waals surface area contributed by atoms with E-state index in [1.807, 2.05) is 0 Å². The summed E-state index contributed by atoms with van der Waals surface area (Å²) in [6.07, 6.45) is 15.0. The molecule has 2 nitrogen and oxygen atoms in total. The van der Waals surface area contributed by atoms with Gasteiger partial charge in [-0.15, -0.1) is 0 Å². The van der Waals surface area contributed by atoms with Gasteiger partial charge in [-0.1, -0.05) is 12.8 Å². The molecule has 0 aromatic heterocycles. The highest BCUT2D eigenvalue weighted by Crippen LogP contribution is 2.45. The Hall–Kier alpha value is -0.0800. The SMILES string of the molecule is C1CNC(C2CCCN(C3CCCC(C4CC4)C3)C2)C1. The fourth-order valence-corrected chi connectivity index (χ4v) is 5.34. The van der Waals surface area contributed by atoms with Crippen LogP contribution in [0.25, 0.3) is 0 Å².